The van der Waals surface area contributed by atoms with Crippen molar-refractivity contribution in [2.24, 2.45) is 0 Å². The van der Waals surface area contributed by atoms with Crippen molar-refractivity contribution < 1.29 is 27.1 Å². The molecule has 1 aliphatic heterocycles. The van der Waals surface area contributed by atoms with Gasteiger partial charge in [0.15, 0.2) is 17.5 Å². The maximum atomic E-state index is 14.0. The van der Waals surface area contributed by atoms with Crippen molar-refractivity contribution in [1.29, 1.82) is 0 Å². The number of anilines is 1. The second-order valence-electron chi connectivity index (χ2n) is 5.78. The Hall–Kier alpha value is -2.06. The van der Waals surface area contributed by atoms with E-state index in [1.807, 2.05) is 0 Å². The van der Waals surface area contributed by atoms with Gasteiger partial charge in [0.2, 0.25) is 0 Å². The number of amides is 1. The van der Waals surface area contributed by atoms with E-state index >= 15 is 0 Å². The molecule has 2 aromatic carbocycles. The van der Waals surface area contributed by atoms with Crippen LogP contribution >= 0.6 is 11.8 Å². The van der Waals surface area contributed by atoms with Gasteiger partial charge in [-0.2, -0.15) is 0 Å². The minimum atomic E-state index is -1.61. The zero-order valence-electron chi connectivity index (χ0n) is 13.5. The second kappa shape index (κ2) is 8.09. The van der Waals surface area contributed by atoms with Crippen LogP contribution < -0.4 is 5.32 Å². The van der Waals surface area contributed by atoms with Gasteiger partial charge in [-0.25, -0.2) is 17.6 Å². The Bertz CT molecular complexity index is 802. The van der Waals surface area contributed by atoms with Crippen LogP contribution in [0.25, 0.3) is 0 Å². The van der Waals surface area contributed by atoms with E-state index < -0.39 is 29.2 Å². The molecule has 0 aromatic heterocycles. The highest BCUT2D eigenvalue weighted by molar-refractivity contribution is 8.00. The topological polar surface area (TPSA) is 38.3 Å². The molecule has 0 radical (unpaired) electrons. The van der Waals surface area contributed by atoms with Crippen LogP contribution in [0.2, 0.25) is 0 Å². The summed E-state index contributed by atoms with van der Waals surface area (Å²) in [6.07, 6.45) is 1.57. The van der Waals surface area contributed by atoms with Crippen LogP contribution in [0, 0.1) is 23.3 Å². The summed E-state index contributed by atoms with van der Waals surface area (Å²) in [5, 5.41) is 2.47. The van der Waals surface area contributed by atoms with E-state index in [1.54, 1.807) is 0 Å². The number of halogens is 4. The smallest absolute Gasteiger partial charge is 0.255 e. The molecule has 1 N–H and O–H groups in total. The van der Waals surface area contributed by atoms with Crippen LogP contribution in [0.4, 0.5) is 23.2 Å². The molecule has 1 saturated heterocycles. The average Bonchev–Trinajstić information content (AvgIpc) is 2.62. The average molecular weight is 385 g/mol. The van der Waals surface area contributed by atoms with Crippen LogP contribution in [0.15, 0.2) is 35.2 Å². The Kier molecular flexibility index (Phi) is 5.83. The van der Waals surface area contributed by atoms with Crippen LogP contribution in [-0.2, 0) is 4.74 Å². The minimum absolute atomic E-state index is 0.131. The van der Waals surface area contributed by atoms with Gasteiger partial charge in [-0.1, -0.05) is 0 Å². The van der Waals surface area contributed by atoms with E-state index in [0.717, 1.165) is 12.8 Å². The van der Waals surface area contributed by atoms with Gasteiger partial charge in [0, 0.05) is 46.7 Å². The molecule has 1 amide bonds. The summed E-state index contributed by atoms with van der Waals surface area (Å²) in [7, 11) is 0. The summed E-state index contributed by atoms with van der Waals surface area (Å²) in [5.41, 5.74) is -0.0968. The molecule has 1 heterocycles. The number of carbonyl (C=O) groups is 1. The largest absolute Gasteiger partial charge is 0.381 e. The highest BCUT2D eigenvalue weighted by Gasteiger charge is 2.19. The van der Waals surface area contributed by atoms with Gasteiger partial charge in [-0.15, -0.1) is 11.8 Å². The monoisotopic (exact) mass is 385 g/mol. The lowest BCUT2D eigenvalue weighted by Gasteiger charge is -2.21. The van der Waals surface area contributed by atoms with Crippen molar-refractivity contribution in [2.75, 3.05) is 18.5 Å². The van der Waals surface area contributed by atoms with E-state index in [0.29, 0.717) is 30.2 Å². The fourth-order valence-electron chi connectivity index (χ4n) is 2.54. The molecule has 0 unspecified atom stereocenters. The lowest BCUT2D eigenvalue weighted by Crippen LogP contribution is -2.17. The molecule has 0 bridgehead atoms. The maximum Gasteiger partial charge on any atom is 0.255 e. The summed E-state index contributed by atoms with van der Waals surface area (Å²) in [5.74, 6) is -5.55. The van der Waals surface area contributed by atoms with E-state index in [4.69, 9.17) is 4.74 Å². The predicted octanol–water partition coefficient (Wildman–Crippen LogP) is 4.77. The molecular weight excluding hydrogens is 370 g/mol. The van der Waals surface area contributed by atoms with Gasteiger partial charge >= 0.3 is 0 Å². The Labute approximate surface area is 151 Å². The van der Waals surface area contributed by atoms with Crippen molar-refractivity contribution in [1.82, 2.24) is 0 Å². The zero-order valence-corrected chi connectivity index (χ0v) is 14.3. The molecule has 1 fully saturated rings. The lowest BCUT2D eigenvalue weighted by molar-refractivity contribution is 0.0999. The zero-order chi connectivity index (χ0) is 18.7. The molecule has 26 heavy (non-hydrogen) atoms. The fraction of sp³-hybridized carbons (Fsp3) is 0.278. The molecule has 0 saturated carbocycles. The summed E-state index contributed by atoms with van der Waals surface area (Å²) in [6, 6.07) is 5.19. The first-order valence-electron chi connectivity index (χ1n) is 7.94. The van der Waals surface area contributed by atoms with E-state index in [2.05, 4.69) is 5.32 Å². The second-order valence-corrected chi connectivity index (χ2v) is 7.12. The minimum Gasteiger partial charge on any atom is -0.381 e. The number of ether oxygens (including phenoxy) is 1. The molecule has 138 valence electrons. The molecule has 1 aliphatic rings. The van der Waals surface area contributed by atoms with Gasteiger partial charge in [-0.05, 0) is 31.0 Å². The number of benzene rings is 2. The lowest BCUT2D eigenvalue weighted by atomic mass is 10.2. The fourth-order valence-corrected chi connectivity index (χ4v) is 3.70. The van der Waals surface area contributed by atoms with Gasteiger partial charge < -0.3 is 10.1 Å². The van der Waals surface area contributed by atoms with Crippen molar-refractivity contribution in [3.8, 4) is 0 Å². The van der Waals surface area contributed by atoms with Gasteiger partial charge in [0.05, 0.1) is 0 Å². The van der Waals surface area contributed by atoms with Crippen molar-refractivity contribution in [3.63, 3.8) is 0 Å². The van der Waals surface area contributed by atoms with Gasteiger partial charge in [0.1, 0.15) is 5.82 Å². The Balaban J connectivity index is 1.76. The van der Waals surface area contributed by atoms with Gasteiger partial charge in [0.25, 0.3) is 5.91 Å². The third-order valence-corrected chi connectivity index (χ3v) is 5.27. The predicted molar refractivity (Wildman–Crippen MR) is 90.4 cm³/mol. The molecule has 0 atom stereocenters. The third kappa shape index (κ3) is 4.37. The third-order valence-electron chi connectivity index (χ3n) is 3.90. The maximum absolute atomic E-state index is 14.0. The normalized spacial score (nSPS) is 15.1. The number of hydrogen-bond donors (Lipinski definition) is 1. The molecule has 3 rings (SSSR count). The first-order chi connectivity index (χ1) is 12.4. The van der Waals surface area contributed by atoms with Gasteiger partial charge in [-0.3, -0.25) is 4.79 Å². The van der Waals surface area contributed by atoms with E-state index in [-0.39, 0.29) is 16.5 Å². The first-order valence-corrected chi connectivity index (χ1v) is 8.82. The molecule has 0 spiro atoms. The van der Waals surface area contributed by atoms with Crippen LogP contribution in [-0.4, -0.2) is 24.4 Å². The summed E-state index contributed by atoms with van der Waals surface area (Å²) >= 11 is 1.33. The number of carbonyl (C=O) groups excluding carboxylic acids is 1. The molecule has 0 aliphatic carbocycles. The SMILES string of the molecule is O=C(Nc1cc(F)c(F)c(F)c1)c1ccc(F)c(SC2CCOCC2)c1. The molecule has 2 aromatic rings. The van der Waals surface area contributed by atoms with Crippen molar-refractivity contribution in [2.45, 2.75) is 23.0 Å². The summed E-state index contributed by atoms with van der Waals surface area (Å²) in [6.45, 7) is 1.22. The number of thioether (sulfide) groups is 1. The standard InChI is InChI=1S/C18H15F4NO2S/c19-13-2-1-10(7-16(13)26-12-3-5-25-6-4-12)18(24)23-11-8-14(20)17(22)15(21)9-11/h1-2,7-9,12H,3-6H2,(H,23,24). The Morgan fingerprint density at radius 1 is 1.00 bits per heavy atom. The van der Waals surface area contributed by atoms with E-state index in [9.17, 15) is 22.4 Å². The number of hydrogen-bond acceptors (Lipinski definition) is 3. The Morgan fingerprint density at radius 2 is 1.65 bits per heavy atom. The molecular formula is C18H15F4NO2S. The number of nitrogens with one attached hydrogen (secondary N) is 1. The first kappa shape index (κ1) is 18.7. The molecule has 3 nitrogen and oxygen atoms in total. The van der Waals surface area contributed by atoms with E-state index in [1.165, 1.54) is 30.0 Å². The highest BCUT2D eigenvalue weighted by atomic mass is 32.2. The van der Waals surface area contributed by atoms with Crippen LogP contribution in [0.3, 0.4) is 0 Å². The quantitative estimate of drug-likeness (QED) is 0.609. The Morgan fingerprint density at radius 3 is 2.31 bits per heavy atom. The van der Waals surface area contributed by atoms with Crippen LogP contribution in [0.1, 0.15) is 23.2 Å². The number of rotatable bonds is 4. The van der Waals surface area contributed by atoms with Crippen molar-refractivity contribution >= 4 is 23.4 Å². The summed E-state index contributed by atoms with van der Waals surface area (Å²) in [4.78, 5) is 12.6. The molecule has 8 heteroatoms. The van der Waals surface area contributed by atoms with Crippen molar-refractivity contribution in [3.05, 3.63) is 59.2 Å². The van der Waals surface area contributed by atoms with Crippen LogP contribution in [0.5, 0.6) is 0 Å². The summed E-state index contributed by atoms with van der Waals surface area (Å²) < 4.78 is 58.8. The highest BCUT2D eigenvalue weighted by Crippen LogP contribution is 2.32.